The normalized spacial score (nSPS) is 23.2. The van der Waals surface area contributed by atoms with Crippen LogP contribution < -0.4 is 11.1 Å². The minimum Gasteiger partial charge on any atom is -0.370 e. The molecule has 0 aliphatic carbocycles. The predicted molar refractivity (Wildman–Crippen MR) is 85.0 cm³/mol. The number of halogens is 1. The van der Waals surface area contributed by atoms with Crippen molar-refractivity contribution in [3.63, 3.8) is 0 Å². The molecule has 1 rings (SSSR count). The molecule has 0 spiro atoms. The second kappa shape index (κ2) is 8.97. The number of nitrogens with two attached hydrogens (primary N) is 1. The molecule has 5 heteroatoms. The highest BCUT2D eigenvalue weighted by Gasteiger charge is 2.20. The first-order valence-corrected chi connectivity index (χ1v) is 6.44. The highest BCUT2D eigenvalue weighted by molar-refractivity contribution is 14.0. The van der Waals surface area contributed by atoms with Gasteiger partial charge in [0, 0.05) is 19.1 Å². The van der Waals surface area contributed by atoms with Crippen molar-refractivity contribution >= 4 is 29.9 Å². The number of rotatable bonds is 5. The van der Waals surface area contributed by atoms with Crippen molar-refractivity contribution in [2.24, 2.45) is 16.6 Å². The zero-order valence-corrected chi connectivity index (χ0v) is 13.6. The quantitative estimate of drug-likeness (QED) is 0.449. The van der Waals surface area contributed by atoms with Crippen LogP contribution in [0, 0.1) is 5.92 Å². The van der Waals surface area contributed by atoms with Gasteiger partial charge in [0.15, 0.2) is 5.96 Å². The van der Waals surface area contributed by atoms with Gasteiger partial charge in [0.25, 0.3) is 0 Å². The van der Waals surface area contributed by atoms with Crippen LogP contribution in [-0.2, 0) is 0 Å². The highest BCUT2D eigenvalue weighted by Crippen LogP contribution is 2.15. The second-order valence-corrected chi connectivity index (χ2v) is 4.73. The topological polar surface area (TPSA) is 53.6 Å². The predicted octanol–water partition coefficient (Wildman–Crippen LogP) is 1.65. The van der Waals surface area contributed by atoms with E-state index in [1.165, 1.54) is 19.5 Å². The first-order chi connectivity index (χ1) is 7.65. The summed E-state index contributed by atoms with van der Waals surface area (Å²) >= 11 is 0. The Morgan fingerprint density at radius 2 is 2.24 bits per heavy atom. The molecule has 1 saturated heterocycles. The number of nitrogens with one attached hydrogen (secondary N) is 1. The van der Waals surface area contributed by atoms with Crippen molar-refractivity contribution in [1.82, 2.24) is 10.2 Å². The molecule has 0 amide bonds. The third-order valence-electron chi connectivity index (χ3n) is 3.34. The molecule has 1 aliphatic rings. The SMILES string of the molecule is CCC(C)NC(N)=NCC1CCN(CC)C1.I. The molecule has 2 atom stereocenters. The van der Waals surface area contributed by atoms with E-state index in [9.17, 15) is 0 Å². The molecule has 0 aromatic rings. The first-order valence-electron chi connectivity index (χ1n) is 6.44. The Morgan fingerprint density at radius 3 is 2.76 bits per heavy atom. The average Bonchev–Trinajstić information content (AvgIpc) is 2.74. The molecule has 4 nitrogen and oxygen atoms in total. The van der Waals surface area contributed by atoms with E-state index < -0.39 is 0 Å². The summed E-state index contributed by atoms with van der Waals surface area (Å²) in [6.45, 7) is 10.9. The van der Waals surface area contributed by atoms with Gasteiger partial charge in [-0.15, -0.1) is 24.0 Å². The molecule has 0 aromatic carbocycles. The van der Waals surface area contributed by atoms with E-state index in [-0.39, 0.29) is 24.0 Å². The smallest absolute Gasteiger partial charge is 0.188 e. The summed E-state index contributed by atoms with van der Waals surface area (Å²) < 4.78 is 0. The molecule has 0 bridgehead atoms. The maximum atomic E-state index is 5.82. The van der Waals surface area contributed by atoms with Crippen LogP contribution in [0.4, 0.5) is 0 Å². The van der Waals surface area contributed by atoms with Crippen LogP contribution in [0.15, 0.2) is 4.99 Å². The van der Waals surface area contributed by atoms with Crippen LogP contribution in [0.2, 0.25) is 0 Å². The second-order valence-electron chi connectivity index (χ2n) is 4.73. The summed E-state index contributed by atoms with van der Waals surface area (Å²) in [6, 6.07) is 0.416. The van der Waals surface area contributed by atoms with Gasteiger partial charge in [-0.1, -0.05) is 13.8 Å². The van der Waals surface area contributed by atoms with E-state index >= 15 is 0 Å². The van der Waals surface area contributed by atoms with E-state index in [0.29, 0.717) is 17.9 Å². The van der Waals surface area contributed by atoms with Crippen molar-refractivity contribution in [2.45, 2.75) is 39.7 Å². The van der Waals surface area contributed by atoms with E-state index in [1.807, 2.05) is 0 Å². The standard InChI is InChI=1S/C12H26N4.HI/c1-4-10(3)15-12(13)14-8-11-6-7-16(5-2)9-11;/h10-11H,4-9H2,1-3H3,(H3,13,14,15);1H. The van der Waals surface area contributed by atoms with Gasteiger partial charge in [0.1, 0.15) is 0 Å². The van der Waals surface area contributed by atoms with Gasteiger partial charge in [-0.25, -0.2) is 0 Å². The van der Waals surface area contributed by atoms with Crippen LogP contribution in [0.3, 0.4) is 0 Å². The third-order valence-corrected chi connectivity index (χ3v) is 3.34. The number of aliphatic imine (C=N–C) groups is 1. The molecule has 102 valence electrons. The molecular formula is C12H27IN4. The maximum absolute atomic E-state index is 5.82. The molecule has 1 heterocycles. The Morgan fingerprint density at radius 1 is 1.53 bits per heavy atom. The molecule has 0 aromatic heterocycles. The van der Waals surface area contributed by atoms with Gasteiger partial charge in [0.05, 0.1) is 0 Å². The Bertz CT molecular complexity index is 233. The number of hydrogen-bond donors (Lipinski definition) is 2. The number of hydrogen-bond acceptors (Lipinski definition) is 2. The molecule has 3 N–H and O–H groups in total. The Kier molecular flexibility index (Phi) is 8.94. The van der Waals surface area contributed by atoms with Crippen LogP contribution in [0.5, 0.6) is 0 Å². The Labute approximate surface area is 122 Å². The number of likely N-dealkylation sites (tertiary alicyclic amines) is 1. The van der Waals surface area contributed by atoms with Crippen molar-refractivity contribution in [3.05, 3.63) is 0 Å². The monoisotopic (exact) mass is 354 g/mol. The van der Waals surface area contributed by atoms with Gasteiger partial charge < -0.3 is 16.0 Å². The molecule has 2 unspecified atom stereocenters. The Balaban J connectivity index is 0.00000256. The summed E-state index contributed by atoms with van der Waals surface area (Å²) in [4.78, 5) is 6.89. The molecule has 0 saturated carbocycles. The minimum absolute atomic E-state index is 0. The van der Waals surface area contributed by atoms with Gasteiger partial charge in [-0.05, 0) is 38.8 Å². The fourth-order valence-electron chi connectivity index (χ4n) is 1.98. The van der Waals surface area contributed by atoms with E-state index in [0.717, 1.165) is 19.5 Å². The van der Waals surface area contributed by atoms with Crippen LogP contribution in [0.1, 0.15) is 33.6 Å². The first kappa shape index (κ1) is 17.0. The average molecular weight is 354 g/mol. The molecule has 1 fully saturated rings. The van der Waals surface area contributed by atoms with Crippen molar-refractivity contribution in [2.75, 3.05) is 26.2 Å². The van der Waals surface area contributed by atoms with Gasteiger partial charge in [-0.3, -0.25) is 4.99 Å². The lowest BCUT2D eigenvalue weighted by atomic mass is 10.1. The van der Waals surface area contributed by atoms with Gasteiger partial charge in [0.2, 0.25) is 0 Å². The maximum Gasteiger partial charge on any atom is 0.188 e. The Hall–Kier alpha value is -0.0400. The molecular weight excluding hydrogens is 327 g/mol. The van der Waals surface area contributed by atoms with Crippen LogP contribution in [-0.4, -0.2) is 43.1 Å². The number of nitrogens with zero attached hydrogens (tertiary/aromatic N) is 2. The number of guanidine groups is 1. The zero-order valence-electron chi connectivity index (χ0n) is 11.3. The summed E-state index contributed by atoms with van der Waals surface area (Å²) in [5, 5.41) is 3.19. The van der Waals surface area contributed by atoms with E-state index in [4.69, 9.17) is 5.73 Å². The molecule has 1 aliphatic heterocycles. The fourth-order valence-corrected chi connectivity index (χ4v) is 1.98. The van der Waals surface area contributed by atoms with Crippen LogP contribution in [0.25, 0.3) is 0 Å². The zero-order chi connectivity index (χ0) is 12.0. The van der Waals surface area contributed by atoms with Crippen molar-refractivity contribution < 1.29 is 0 Å². The third kappa shape index (κ3) is 6.45. The summed E-state index contributed by atoms with van der Waals surface area (Å²) in [5.41, 5.74) is 5.82. The van der Waals surface area contributed by atoms with Gasteiger partial charge in [-0.2, -0.15) is 0 Å². The lowest BCUT2D eigenvalue weighted by Crippen LogP contribution is -2.38. The largest absolute Gasteiger partial charge is 0.370 e. The summed E-state index contributed by atoms with van der Waals surface area (Å²) in [6.07, 6.45) is 2.33. The minimum atomic E-state index is 0. The molecule has 17 heavy (non-hydrogen) atoms. The van der Waals surface area contributed by atoms with Crippen LogP contribution >= 0.6 is 24.0 Å². The lowest BCUT2D eigenvalue weighted by Gasteiger charge is -2.13. The molecule has 0 radical (unpaired) electrons. The highest BCUT2D eigenvalue weighted by atomic mass is 127. The lowest BCUT2D eigenvalue weighted by molar-refractivity contribution is 0.343. The van der Waals surface area contributed by atoms with Crippen molar-refractivity contribution in [1.29, 1.82) is 0 Å². The van der Waals surface area contributed by atoms with Gasteiger partial charge >= 0.3 is 0 Å². The van der Waals surface area contributed by atoms with E-state index in [1.54, 1.807) is 0 Å². The summed E-state index contributed by atoms with van der Waals surface area (Å²) in [5.74, 6) is 1.29. The van der Waals surface area contributed by atoms with E-state index in [2.05, 4.69) is 36.0 Å². The summed E-state index contributed by atoms with van der Waals surface area (Å²) in [7, 11) is 0. The fraction of sp³-hybridized carbons (Fsp3) is 0.917. The van der Waals surface area contributed by atoms with Crippen molar-refractivity contribution in [3.8, 4) is 0 Å².